The van der Waals surface area contributed by atoms with E-state index in [1.807, 2.05) is 13.0 Å². The fourth-order valence-electron chi connectivity index (χ4n) is 1.45. The molecule has 2 N–H and O–H groups in total. The summed E-state index contributed by atoms with van der Waals surface area (Å²) < 4.78 is 4.96. The summed E-state index contributed by atoms with van der Waals surface area (Å²) in [4.78, 5) is 0. The van der Waals surface area contributed by atoms with Crippen LogP contribution in [-0.2, 0) is 6.42 Å². The molecule has 66 valence electrons. The Labute approximate surface area is 71.9 Å². The second kappa shape index (κ2) is 2.90. The van der Waals surface area contributed by atoms with Gasteiger partial charge < -0.3 is 10.3 Å². The SMILES string of the molecule is Cc1cc(CC(N)C2CC2)no1. The largest absolute Gasteiger partial charge is 0.361 e. The Morgan fingerprint density at radius 2 is 2.50 bits per heavy atom. The fourth-order valence-corrected chi connectivity index (χ4v) is 1.45. The molecule has 1 fully saturated rings. The average Bonchev–Trinajstić information content (AvgIpc) is 2.78. The molecular weight excluding hydrogens is 152 g/mol. The molecule has 1 aliphatic rings. The minimum Gasteiger partial charge on any atom is -0.361 e. The minimum absolute atomic E-state index is 0.287. The number of nitrogens with zero attached hydrogens (tertiary/aromatic N) is 1. The Morgan fingerprint density at radius 3 is 3.00 bits per heavy atom. The Balaban J connectivity index is 1.93. The van der Waals surface area contributed by atoms with E-state index in [-0.39, 0.29) is 6.04 Å². The van der Waals surface area contributed by atoms with Crippen molar-refractivity contribution in [2.45, 2.75) is 32.2 Å². The molecule has 0 amide bonds. The van der Waals surface area contributed by atoms with Crippen molar-refractivity contribution >= 4 is 0 Å². The first kappa shape index (κ1) is 7.80. The molecule has 0 radical (unpaired) electrons. The highest BCUT2D eigenvalue weighted by Gasteiger charge is 2.28. The van der Waals surface area contributed by atoms with Gasteiger partial charge in [-0.05, 0) is 25.7 Å². The molecule has 0 aliphatic heterocycles. The maximum atomic E-state index is 5.94. The molecule has 3 heteroatoms. The number of aromatic nitrogens is 1. The van der Waals surface area contributed by atoms with Crippen molar-refractivity contribution in [2.75, 3.05) is 0 Å². The van der Waals surface area contributed by atoms with Gasteiger partial charge in [0, 0.05) is 18.5 Å². The highest BCUT2D eigenvalue weighted by Crippen LogP contribution is 2.32. The Bertz CT molecular complexity index is 265. The third-order valence-electron chi connectivity index (χ3n) is 2.35. The van der Waals surface area contributed by atoms with Gasteiger partial charge in [-0.15, -0.1) is 0 Å². The second-order valence-electron chi connectivity index (χ2n) is 3.63. The van der Waals surface area contributed by atoms with Crippen LogP contribution in [0.1, 0.15) is 24.3 Å². The van der Waals surface area contributed by atoms with Crippen LogP contribution in [0, 0.1) is 12.8 Å². The fraction of sp³-hybridized carbons (Fsp3) is 0.667. The van der Waals surface area contributed by atoms with Crippen LogP contribution in [0.5, 0.6) is 0 Å². The van der Waals surface area contributed by atoms with Gasteiger partial charge in [0.2, 0.25) is 0 Å². The monoisotopic (exact) mass is 166 g/mol. The van der Waals surface area contributed by atoms with Crippen molar-refractivity contribution in [2.24, 2.45) is 11.7 Å². The Hall–Kier alpha value is -0.830. The summed E-state index contributed by atoms with van der Waals surface area (Å²) in [5, 5.41) is 3.91. The molecule has 1 saturated carbocycles. The summed E-state index contributed by atoms with van der Waals surface area (Å²) in [6.45, 7) is 1.90. The third kappa shape index (κ3) is 1.67. The van der Waals surface area contributed by atoms with Gasteiger partial charge in [0.1, 0.15) is 5.76 Å². The van der Waals surface area contributed by atoms with Gasteiger partial charge in [-0.25, -0.2) is 0 Å². The van der Waals surface area contributed by atoms with E-state index in [2.05, 4.69) is 5.16 Å². The summed E-state index contributed by atoms with van der Waals surface area (Å²) in [5.74, 6) is 1.61. The lowest BCUT2D eigenvalue weighted by molar-refractivity contribution is 0.387. The van der Waals surface area contributed by atoms with Crippen LogP contribution < -0.4 is 5.73 Å². The first-order valence-electron chi connectivity index (χ1n) is 4.43. The van der Waals surface area contributed by atoms with Crippen molar-refractivity contribution in [1.82, 2.24) is 5.16 Å². The number of nitrogens with two attached hydrogens (primary N) is 1. The van der Waals surface area contributed by atoms with E-state index < -0.39 is 0 Å². The van der Waals surface area contributed by atoms with Gasteiger partial charge in [-0.3, -0.25) is 0 Å². The summed E-state index contributed by atoms with van der Waals surface area (Å²) in [6, 6.07) is 2.25. The maximum Gasteiger partial charge on any atom is 0.133 e. The molecule has 1 aliphatic carbocycles. The molecular formula is C9H14N2O. The normalized spacial score (nSPS) is 19.5. The van der Waals surface area contributed by atoms with E-state index in [0.717, 1.165) is 23.8 Å². The number of hydrogen-bond acceptors (Lipinski definition) is 3. The molecule has 12 heavy (non-hydrogen) atoms. The first-order valence-corrected chi connectivity index (χ1v) is 4.43. The van der Waals surface area contributed by atoms with Crippen LogP contribution >= 0.6 is 0 Å². The quantitative estimate of drug-likeness (QED) is 0.735. The van der Waals surface area contributed by atoms with Gasteiger partial charge in [0.25, 0.3) is 0 Å². The smallest absolute Gasteiger partial charge is 0.133 e. The van der Waals surface area contributed by atoms with Crippen LogP contribution in [0.4, 0.5) is 0 Å². The lowest BCUT2D eigenvalue weighted by Gasteiger charge is -2.05. The van der Waals surface area contributed by atoms with E-state index >= 15 is 0 Å². The molecule has 1 aromatic heterocycles. The summed E-state index contributed by atoms with van der Waals surface area (Å²) in [6.07, 6.45) is 3.44. The van der Waals surface area contributed by atoms with Crippen LogP contribution in [0.3, 0.4) is 0 Å². The summed E-state index contributed by atoms with van der Waals surface area (Å²) >= 11 is 0. The molecule has 1 aromatic rings. The van der Waals surface area contributed by atoms with Crippen molar-refractivity contribution in [3.8, 4) is 0 Å². The summed E-state index contributed by atoms with van der Waals surface area (Å²) in [7, 11) is 0. The van der Waals surface area contributed by atoms with Gasteiger partial charge in [0.05, 0.1) is 5.69 Å². The second-order valence-corrected chi connectivity index (χ2v) is 3.63. The van der Waals surface area contributed by atoms with E-state index in [1.54, 1.807) is 0 Å². The zero-order chi connectivity index (χ0) is 8.55. The standard InChI is InChI=1S/C9H14N2O/c1-6-4-8(11-12-6)5-9(10)7-2-3-7/h4,7,9H,2-3,5,10H2,1H3. The first-order chi connectivity index (χ1) is 5.75. The molecule has 0 aromatic carbocycles. The molecule has 0 saturated heterocycles. The van der Waals surface area contributed by atoms with Crippen molar-refractivity contribution in [1.29, 1.82) is 0 Å². The Morgan fingerprint density at radius 1 is 1.75 bits per heavy atom. The van der Waals surface area contributed by atoms with E-state index in [9.17, 15) is 0 Å². The van der Waals surface area contributed by atoms with Crippen LogP contribution in [0.25, 0.3) is 0 Å². The highest BCUT2D eigenvalue weighted by atomic mass is 16.5. The van der Waals surface area contributed by atoms with Crippen molar-refractivity contribution in [3.63, 3.8) is 0 Å². The number of aryl methyl sites for hydroxylation is 1. The lowest BCUT2D eigenvalue weighted by Crippen LogP contribution is -2.25. The predicted octanol–water partition coefficient (Wildman–Crippen LogP) is 1.26. The van der Waals surface area contributed by atoms with Crippen molar-refractivity contribution in [3.05, 3.63) is 17.5 Å². The predicted molar refractivity (Wildman–Crippen MR) is 45.6 cm³/mol. The summed E-state index contributed by atoms with van der Waals surface area (Å²) in [5.41, 5.74) is 6.93. The van der Waals surface area contributed by atoms with Gasteiger partial charge >= 0.3 is 0 Å². The van der Waals surface area contributed by atoms with Gasteiger partial charge in [-0.2, -0.15) is 0 Å². The van der Waals surface area contributed by atoms with Crippen LogP contribution in [-0.4, -0.2) is 11.2 Å². The zero-order valence-electron chi connectivity index (χ0n) is 7.29. The molecule has 0 spiro atoms. The molecule has 1 heterocycles. The highest BCUT2D eigenvalue weighted by molar-refractivity contribution is 5.06. The molecule has 1 unspecified atom stereocenters. The molecule has 1 atom stereocenters. The Kier molecular flexibility index (Phi) is 1.89. The van der Waals surface area contributed by atoms with E-state index in [0.29, 0.717) is 0 Å². The third-order valence-corrected chi connectivity index (χ3v) is 2.35. The van der Waals surface area contributed by atoms with E-state index in [4.69, 9.17) is 10.3 Å². The number of hydrogen-bond donors (Lipinski definition) is 1. The zero-order valence-corrected chi connectivity index (χ0v) is 7.29. The molecule has 0 bridgehead atoms. The van der Waals surface area contributed by atoms with Crippen molar-refractivity contribution < 1.29 is 4.52 Å². The molecule has 3 nitrogen and oxygen atoms in total. The van der Waals surface area contributed by atoms with E-state index in [1.165, 1.54) is 12.8 Å². The minimum atomic E-state index is 0.287. The van der Waals surface area contributed by atoms with Crippen LogP contribution in [0.15, 0.2) is 10.6 Å². The topological polar surface area (TPSA) is 52.0 Å². The lowest BCUT2D eigenvalue weighted by atomic mass is 10.1. The number of rotatable bonds is 3. The molecule has 2 rings (SSSR count). The average molecular weight is 166 g/mol. The van der Waals surface area contributed by atoms with Gasteiger partial charge in [0.15, 0.2) is 0 Å². The van der Waals surface area contributed by atoms with Crippen LogP contribution in [0.2, 0.25) is 0 Å². The van der Waals surface area contributed by atoms with Gasteiger partial charge in [-0.1, -0.05) is 5.16 Å². The maximum absolute atomic E-state index is 5.94.